The zero-order valence-corrected chi connectivity index (χ0v) is 9.83. The van der Waals surface area contributed by atoms with Gasteiger partial charge in [-0.05, 0) is 31.0 Å². The predicted octanol–water partition coefficient (Wildman–Crippen LogP) is 2.86. The van der Waals surface area contributed by atoms with Crippen LogP contribution in [0, 0.1) is 13.8 Å². The second-order valence-corrected chi connectivity index (χ2v) is 5.06. The molecule has 1 aromatic rings. The van der Waals surface area contributed by atoms with Crippen LogP contribution in [-0.4, -0.2) is 13.0 Å². The molecule has 0 aromatic heterocycles. The first kappa shape index (κ1) is 11.8. The molecule has 6 heteroatoms. The Balaban J connectivity index is 3.70. The van der Waals surface area contributed by atoms with Gasteiger partial charge in [0.2, 0.25) is 0 Å². The van der Waals surface area contributed by atoms with Gasteiger partial charge in [-0.2, -0.15) is 8.42 Å². The fourth-order valence-corrected chi connectivity index (χ4v) is 2.82. The minimum absolute atomic E-state index is 0.0301. The van der Waals surface area contributed by atoms with Gasteiger partial charge in [0.25, 0.3) is 10.1 Å². The largest absolute Gasteiger partial charge is 0.296 e. The van der Waals surface area contributed by atoms with Crippen LogP contribution in [0.2, 0.25) is 10.0 Å². The fraction of sp³-hybridized carbons (Fsp3) is 0.250. The predicted molar refractivity (Wildman–Crippen MR) is 55.8 cm³/mol. The number of rotatable bonds is 1. The Kier molecular flexibility index (Phi) is 3.11. The van der Waals surface area contributed by atoms with E-state index >= 15 is 0 Å². The summed E-state index contributed by atoms with van der Waals surface area (Å²) in [5.41, 5.74) is 0.764. The van der Waals surface area contributed by atoms with Crippen LogP contribution < -0.4 is 0 Å². The normalized spacial score (nSPS) is 11.8. The molecule has 0 unspecified atom stereocenters. The summed E-state index contributed by atoms with van der Waals surface area (Å²) in [5.74, 6) is 0. The fourth-order valence-electron chi connectivity index (χ4n) is 1.13. The molecule has 0 radical (unpaired) electrons. The lowest BCUT2D eigenvalue weighted by Crippen LogP contribution is -2.03. The van der Waals surface area contributed by atoms with Gasteiger partial charge in [0.1, 0.15) is 4.90 Å². The lowest BCUT2D eigenvalue weighted by Gasteiger charge is -2.09. The summed E-state index contributed by atoms with van der Waals surface area (Å²) in [6.45, 7) is 3.10. The maximum atomic E-state index is 11.0. The van der Waals surface area contributed by atoms with Crippen molar-refractivity contribution in [2.45, 2.75) is 18.7 Å². The second kappa shape index (κ2) is 3.70. The number of aryl methyl sites for hydroxylation is 1. The summed E-state index contributed by atoms with van der Waals surface area (Å²) < 4.78 is 30.8. The third-order valence-corrected chi connectivity index (χ3v) is 3.87. The van der Waals surface area contributed by atoms with E-state index in [4.69, 9.17) is 27.8 Å². The average molecular weight is 255 g/mol. The van der Waals surface area contributed by atoms with Gasteiger partial charge in [-0.3, -0.25) is 4.55 Å². The number of benzene rings is 1. The zero-order valence-electron chi connectivity index (χ0n) is 7.51. The molecule has 1 aromatic carbocycles. The molecule has 14 heavy (non-hydrogen) atoms. The quantitative estimate of drug-likeness (QED) is 0.785. The van der Waals surface area contributed by atoms with Gasteiger partial charge < -0.3 is 0 Å². The first-order chi connectivity index (χ1) is 6.25. The molecule has 0 heterocycles. The van der Waals surface area contributed by atoms with Gasteiger partial charge in [-0.15, -0.1) is 0 Å². The lowest BCUT2D eigenvalue weighted by molar-refractivity contribution is 0.482. The van der Waals surface area contributed by atoms with Gasteiger partial charge in [-0.1, -0.05) is 23.2 Å². The topological polar surface area (TPSA) is 54.4 Å². The zero-order chi connectivity index (χ0) is 11.1. The SMILES string of the molecule is Cc1cc(Cl)c(C)c(Cl)c1S(=O)(=O)O. The van der Waals surface area contributed by atoms with E-state index in [1.807, 2.05) is 0 Å². The lowest BCUT2D eigenvalue weighted by atomic mass is 10.2. The highest BCUT2D eigenvalue weighted by atomic mass is 35.5. The van der Waals surface area contributed by atoms with E-state index < -0.39 is 10.1 Å². The first-order valence-electron chi connectivity index (χ1n) is 3.68. The van der Waals surface area contributed by atoms with Crippen LogP contribution in [0.5, 0.6) is 0 Å². The van der Waals surface area contributed by atoms with E-state index in [1.165, 1.54) is 13.0 Å². The Bertz CT molecular complexity index is 480. The van der Waals surface area contributed by atoms with Crippen molar-refractivity contribution in [1.29, 1.82) is 0 Å². The van der Waals surface area contributed by atoms with Crippen molar-refractivity contribution in [3.05, 3.63) is 27.2 Å². The molecule has 3 nitrogen and oxygen atoms in total. The molecular formula is C8H8Cl2O3S. The smallest absolute Gasteiger partial charge is 0.282 e. The Morgan fingerprint density at radius 3 is 2.21 bits per heavy atom. The van der Waals surface area contributed by atoms with Gasteiger partial charge >= 0.3 is 0 Å². The molecule has 1 N–H and O–H groups in total. The van der Waals surface area contributed by atoms with Crippen LogP contribution in [0.25, 0.3) is 0 Å². The summed E-state index contributed by atoms with van der Waals surface area (Å²) in [4.78, 5) is -0.277. The maximum absolute atomic E-state index is 11.0. The molecule has 0 spiro atoms. The van der Waals surface area contributed by atoms with Gasteiger partial charge in [-0.25, -0.2) is 0 Å². The summed E-state index contributed by atoms with van der Waals surface area (Å²) in [7, 11) is -4.29. The summed E-state index contributed by atoms with van der Waals surface area (Å²) in [5, 5.41) is 0.345. The van der Waals surface area contributed by atoms with Crippen LogP contribution in [-0.2, 0) is 10.1 Å². The van der Waals surface area contributed by atoms with Gasteiger partial charge in [0.05, 0.1) is 5.02 Å². The van der Waals surface area contributed by atoms with Crippen molar-refractivity contribution >= 4 is 33.3 Å². The molecule has 0 amide bonds. The van der Waals surface area contributed by atoms with Crippen molar-refractivity contribution < 1.29 is 13.0 Å². The monoisotopic (exact) mass is 254 g/mol. The molecule has 0 fully saturated rings. The number of hydrogen-bond acceptors (Lipinski definition) is 2. The molecule has 0 aliphatic rings. The standard InChI is InChI=1S/C8H8Cl2O3S/c1-4-3-6(9)5(2)7(10)8(4)14(11,12)13/h3H,1-2H3,(H,11,12,13). The van der Waals surface area contributed by atoms with Gasteiger partial charge in [0.15, 0.2) is 0 Å². The van der Waals surface area contributed by atoms with E-state index in [0.29, 0.717) is 16.1 Å². The average Bonchev–Trinajstić information content (AvgIpc) is 1.97. The van der Waals surface area contributed by atoms with Gasteiger partial charge in [0, 0.05) is 5.02 Å². The molecule has 0 aliphatic heterocycles. The molecule has 0 saturated heterocycles. The molecule has 0 aliphatic carbocycles. The van der Waals surface area contributed by atoms with Crippen molar-refractivity contribution in [3.63, 3.8) is 0 Å². The molecule has 0 bridgehead atoms. The Hall–Kier alpha value is -0.290. The van der Waals surface area contributed by atoms with E-state index in [1.54, 1.807) is 6.92 Å². The van der Waals surface area contributed by atoms with Crippen LogP contribution >= 0.6 is 23.2 Å². The Morgan fingerprint density at radius 2 is 1.79 bits per heavy atom. The highest BCUT2D eigenvalue weighted by molar-refractivity contribution is 7.86. The molecule has 1 rings (SSSR count). The summed E-state index contributed by atoms with van der Waals surface area (Å²) in [6.07, 6.45) is 0. The highest BCUT2D eigenvalue weighted by Gasteiger charge is 2.20. The molecule has 0 saturated carbocycles. The minimum atomic E-state index is -4.29. The molecule has 0 atom stereocenters. The van der Waals surface area contributed by atoms with Crippen molar-refractivity contribution in [1.82, 2.24) is 0 Å². The Labute approximate surface area is 92.4 Å². The van der Waals surface area contributed by atoms with Crippen LogP contribution in [0.4, 0.5) is 0 Å². The van der Waals surface area contributed by atoms with Crippen molar-refractivity contribution in [2.75, 3.05) is 0 Å². The molecule has 78 valence electrons. The third-order valence-electron chi connectivity index (χ3n) is 1.85. The Morgan fingerprint density at radius 1 is 1.29 bits per heavy atom. The number of hydrogen-bond donors (Lipinski definition) is 1. The van der Waals surface area contributed by atoms with Crippen LogP contribution in [0.1, 0.15) is 11.1 Å². The summed E-state index contributed by atoms with van der Waals surface area (Å²) in [6, 6.07) is 1.45. The van der Waals surface area contributed by atoms with Crippen molar-refractivity contribution in [2.24, 2.45) is 0 Å². The highest BCUT2D eigenvalue weighted by Crippen LogP contribution is 2.32. The van der Waals surface area contributed by atoms with Crippen LogP contribution in [0.15, 0.2) is 11.0 Å². The minimum Gasteiger partial charge on any atom is -0.282 e. The van der Waals surface area contributed by atoms with E-state index in [-0.39, 0.29) is 9.92 Å². The maximum Gasteiger partial charge on any atom is 0.296 e. The third kappa shape index (κ3) is 2.03. The van der Waals surface area contributed by atoms with E-state index in [0.717, 1.165) is 0 Å². The first-order valence-corrected chi connectivity index (χ1v) is 5.87. The second-order valence-electron chi connectivity index (χ2n) is 2.92. The van der Waals surface area contributed by atoms with Crippen LogP contribution in [0.3, 0.4) is 0 Å². The van der Waals surface area contributed by atoms with Crippen molar-refractivity contribution in [3.8, 4) is 0 Å². The number of halogens is 2. The van der Waals surface area contributed by atoms with E-state index in [2.05, 4.69) is 0 Å². The molecular weight excluding hydrogens is 247 g/mol. The summed E-state index contributed by atoms with van der Waals surface area (Å²) >= 11 is 11.5. The van der Waals surface area contributed by atoms with E-state index in [9.17, 15) is 8.42 Å².